The summed E-state index contributed by atoms with van der Waals surface area (Å²) in [6.45, 7) is 2.04. The molecule has 2 aromatic carbocycles. The van der Waals surface area contributed by atoms with E-state index in [4.69, 9.17) is 4.42 Å². The summed E-state index contributed by atoms with van der Waals surface area (Å²) < 4.78 is 6.85. The third-order valence-electron chi connectivity index (χ3n) is 6.00. The Morgan fingerprint density at radius 3 is 2.45 bits per heavy atom. The molecule has 1 saturated carbocycles. The third-order valence-corrected chi connectivity index (χ3v) is 6.53. The van der Waals surface area contributed by atoms with Crippen LogP contribution in [0.1, 0.15) is 55.5 Å². The molecule has 0 radical (unpaired) electrons. The average molecular weight is 482 g/mol. The van der Waals surface area contributed by atoms with E-state index >= 15 is 0 Å². The van der Waals surface area contributed by atoms with Crippen molar-refractivity contribution in [3.63, 3.8) is 0 Å². The van der Waals surface area contributed by atoms with Crippen molar-refractivity contribution in [3.8, 4) is 11.5 Å². The molecule has 3 aromatic rings. The standard InChI is InChI=1S/C25H28BrN3O2/c1-18-5-9-20(10-6-18)24-29-28-23(31-24)14-13-22(30)27-25(15-3-2-4-16-25)17-19-7-11-21(26)12-8-19/h5-12H,2-4,13-17H2,1H3,(H,27,30). The lowest BCUT2D eigenvalue weighted by atomic mass is 9.77. The number of carbonyl (C=O) groups excluding carboxylic acids is 1. The minimum absolute atomic E-state index is 0.0501. The Kier molecular flexibility index (Phi) is 6.86. The molecular formula is C25H28BrN3O2. The van der Waals surface area contributed by atoms with Gasteiger partial charge in [0.15, 0.2) is 0 Å². The second-order valence-electron chi connectivity index (χ2n) is 8.56. The monoisotopic (exact) mass is 481 g/mol. The lowest BCUT2D eigenvalue weighted by molar-refractivity contribution is -0.123. The van der Waals surface area contributed by atoms with E-state index in [9.17, 15) is 4.79 Å². The maximum absolute atomic E-state index is 12.8. The highest BCUT2D eigenvalue weighted by atomic mass is 79.9. The van der Waals surface area contributed by atoms with E-state index in [0.29, 0.717) is 24.6 Å². The van der Waals surface area contributed by atoms with Gasteiger partial charge in [-0.3, -0.25) is 4.79 Å². The topological polar surface area (TPSA) is 68.0 Å². The molecule has 0 saturated heterocycles. The second-order valence-corrected chi connectivity index (χ2v) is 9.48. The summed E-state index contributed by atoms with van der Waals surface area (Å²) in [6.07, 6.45) is 7.24. The van der Waals surface area contributed by atoms with Gasteiger partial charge in [-0.05, 0) is 56.0 Å². The number of aromatic nitrogens is 2. The van der Waals surface area contributed by atoms with Gasteiger partial charge in [0.05, 0.1) is 0 Å². The molecule has 1 N–H and O–H groups in total. The van der Waals surface area contributed by atoms with Gasteiger partial charge in [-0.25, -0.2) is 0 Å². The lowest BCUT2D eigenvalue weighted by Crippen LogP contribution is -2.51. The van der Waals surface area contributed by atoms with Gasteiger partial charge >= 0.3 is 0 Å². The Morgan fingerprint density at radius 1 is 1.03 bits per heavy atom. The van der Waals surface area contributed by atoms with Crippen LogP contribution in [0.2, 0.25) is 0 Å². The predicted octanol–water partition coefficient (Wildman–Crippen LogP) is 5.80. The van der Waals surface area contributed by atoms with E-state index in [1.54, 1.807) is 0 Å². The largest absolute Gasteiger partial charge is 0.421 e. The van der Waals surface area contributed by atoms with Gasteiger partial charge in [-0.1, -0.05) is 65.0 Å². The summed E-state index contributed by atoms with van der Waals surface area (Å²) in [4.78, 5) is 12.8. The van der Waals surface area contributed by atoms with Gasteiger partial charge < -0.3 is 9.73 Å². The molecule has 1 aromatic heterocycles. The molecule has 0 bridgehead atoms. The summed E-state index contributed by atoms with van der Waals surface area (Å²) in [6, 6.07) is 16.4. The highest BCUT2D eigenvalue weighted by molar-refractivity contribution is 9.10. The molecule has 0 atom stereocenters. The van der Waals surface area contributed by atoms with Crippen LogP contribution in [0, 0.1) is 6.92 Å². The Morgan fingerprint density at radius 2 is 1.74 bits per heavy atom. The molecule has 0 spiro atoms. The zero-order chi connectivity index (χ0) is 21.7. The van der Waals surface area contributed by atoms with Crippen LogP contribution in [-0.2, 0) is 17.6 Å². The zero-order valence-corrected chi connectivity index (χ0v) is 19.5. The van der Waals surface area contributed by atoms with Crippen LogP contribution in [0.5, 0.6) is 0 Å². The molecule has 6 heteroatoms. The first-order valence-electron chi connectivity index (χ1n) is 11.0. The number of aryl methyl sites for hydroxylation is 2. The number of hydrogen-bond donors (Lipinski definition) is 1. The number of nitrogens with one attached hydrogen (secondary N) is 1. The first kappa shape index (κ1) is 21.8. The van der Waals surface area contributed by atoms with Crippen molar-refractivity contribution in [2.75, 3.05) is 0 Å². The Balaban J connectivity index is 1.37. The first-order chi connectivity index (χ1) is 15.0. The van der Waals surface area contributed by atoms with Crippen LogP contribution in [0.4, 0.5) is 0 Å². The molecule has 1 aliphatic carbocycles. The smallest absolute Gasteiger partial charge is 0.247 e. The molecule has 0 aliphatic heterocycles. The molecule has 31 heavy (non-hydrogen) atoms. The van der Waals surface area contributed by atoms with Crippen molar-refractivity contribution < 1.29 is 9.21 Å². The van der Waals surface area contributed by atoms with Gasteiger partial charge in [0.1, 0.15) is 0 Å². The first-order valence-corrected chi connectivity index (χ1v) is 11.8. The fourth-order valence-electron chi connectivity index (χ4n) is 4.31. The van der Waals surface area contributed by atoms with Gasteiger partial charge in [0.25, 0.3) is 0 Å². The van der Waals surface area contributed by atoms with Gasteiger partial charge in [0, 0.05) is 28.4 Å². The van der Waals surface area contributed by atoms with Crippen molar-refractivity contribution >= 4 is 21.8 Å². The van der Waals surface area contributed by atoms with Gasteiger partial charge in [-0.2, -0.15) is 0 Å². The van der Waals surface area contributed by atoms with E-state index < -0.39 is 0 Å². The Bertz CT molecular complexity index is 1010. The quantitative estimate of drug-likeness (QED) is 0.462. The summed E-state index contributed by atoms with van der Waals surface area (Å²) >= 11 is 3.50. The molecule has 1 fully saturated rings. The summed E-state index contributed by atoms with van der Waals surface area (Å²) in [7, 11) is 0. The fraction of sp³-hybridized carbons (Fsp3) is 0.400. The molecule has 162 valence electrons. The SMILES string of the molecule is Cc1ccc(-c2nnc(CCC(=O)NC3(Cc4ccc(Br)cc4)CCCCC3)o2)cc1. The van der Waals surface area contributed by atoms with Crippen molar-refractivity contribution in [2.24, 2.45) is 0 Å². The van der Waals surface area contributed by atoms with Crippen LogP contribution < -0.4 is 5.32 Å². The maximum atomic E-state index is 12.8. The van der Waals surface area contributed by atoms with Crippen molar-refractivity contribution in [1.29, 1.82) is 0 Å². The summed E-state index contributed by atoms with van der Waals surface area (Å²) in [5.41, 5.74) is 3.17. The minimum Gasteiger partial charge on any atom is -0.421 e. The van der Waals surface area contributed by atoms with Crippen LogP contribution in [-0.4, -0.2) is 21.6 Å². The van der Waals surface area contributed by atoms with E-state index in [1.165, 1.54) is 17.5 Å². The molecule has 5 nitrogen and oxygen atoms in total. The van der Waals surface area contributed by atoms with Crippen LogP contribution in [0.25, 0.3) is 11.5 Å². The number of amides is 1. The van der Waals surface area contributed by atoms with Crippen molar-refractivity contribution in [1.82, 2.24) is 15.5 Å². The number of rotatable bonds is 7. The normalized spacial score (nSPS) is 15.5. The van der Waals surface area contributed by atoms with E-state index in [2.05, 4.69) is 55.7 Å². The highest BCUT2D eigenvalue weighted by Crippen LogP contribution is 2.32. The highest BCUT2D eigenvalue weighted by Gasteiger charge is 2.33. The van der Waals surface area contributed by atoms with Gasteiger partial charge in [-0.15, -0.1) is 10.2 Å². The molecular weight excluding hydrogens is 454 g/mol. The minimum atomic E-state index is -0.162. The number of carbonyl (C=O) groups is 1. The Labute approximate surface area is 191 Å². The predicted molar refractivity (Wildman–Crippen MR) is 125 cm³/mol. The van der Waals surface area contributed by atoms with Gasteiger partial charge in [0.2, 0.25) is 17.7 Å². The van der Waals surface area contributed by atoms with Crippen LogP contribution in [0.3, 0.4) is 0 Å². The Hall–Kier alpha value is -2.47. The second kappa shape index (κ2) is 9.77. The number of hydrogen-bond acceptors (Lipinski definition) is 4. The molecule has 0 unspecified atom stereocenters. The average Bonchev–Trinajstić information content (AvgIpc) is 3.24. The number of halogens is 1. The summed E-state index contributed by atoms with van der Waals surface area (Å²) in [5.74, 6) is 1.04. The van der Waals surface area contributed by atoms with Crippen LogP contribution in [0.15, 0.2) is 57.4 Å². The lowest BCUT2D eigenvalue weighted by Gasteiger charge is -2.38. The molecule has 1 amide bonds. The fourth-order valence-corrected chi connectivity index (χ4v) is 4.58. The van der Waals surface area contributed by atoms with Crippen molar-refractivity contribution in [2.45, 2.75) is 63.8 Å². The van der Waals surface area contributed by atoms with Crippen LogP contribution >= 0.6 is 15.9 Å². The van der Waals surface area contributed by atoms with Crippen molar-refractivity contribution in [3.05, 3.63) is 70.0 Å². The number of benzene rings is 2. The maximum Gasteiger partial charge on any atom is 0.247 e. The van der Waals surface area contributed by atoms with E-state index in [0.717, 1.165) is 42.1 Å². The number of nitrogens with zero attached hydrogens (tertiary/aromatic N) is 2. The summed E-state index contributed by atoms with van der Waals surface area (Å²) in [5, 5.41) is 11.6. The molecule has 1 heterocycles. The zero-order valence-electron chi connectivity index (χ0n) is 17.9. The third kappa shape index (κ3) is 5.82. The molecule has 1 aliphatic rings. The van der Waals surface area contributed by atoms with E-state index in [1.807, 2.05) is 31.2 Å². The molecule has 4 rings (SSSR count). The van der Waals surface area contributed by atoms with E-state index in [-0.39, 0.29) is 11.4 Å².